The molecule has 1 N–H and O–H groups in total. The first kappa shape index (κ1) is 17.7. The zero-order chi connectivity index (χ0) is 17.0. The third kappa shape index (κ3) is 4.19. The molecule has 2 rings (SSSR count). The van der Waals surface area contributed by atoms with E-state index >= 15 is 0 Å². The van der Waals surface area contributed by atoms with Gasteiger partial charge in [0.1, 0.15) is 0 Å². The van der Waals surface area contributed by atoms with E-state index in [-0.39, 0.29) is 12.6 Å². The number of methoxy groups -OCH3 is 1. The second-order valence-corrected chi connectivity index (χ2v) is 7.44. The summed E-state index contributed by atoms with van der Waals surface area (Å²) in [5, 5.41) is 0. The molecule has 0 saturated heterocycles. The van der Waals surface area contributed by atoms with Crippen LogP contribution in [-0.2, 0) is 14.8 Å². The molecule has 0 radical (unpaired) electrons. The van der Waals surface area contributed by atoms with Crippen LogP contribution in [0.25, 0.3) is 0 Å². The average Bonchev–Trinajstić information content (AvgIpc) is 2.49. The van der Waals surface area contributed by atoms with Crippen molar-refractivity contribution in [1.29, 1.82) is 0 Å². The Morgan fingerprint density at radius 2 is 1.74 bits per heavy atom. The number of ether oxygens (including phenoxy) is 1. The molecule has 0 fully saturated rings. The third-order valence-electron chi connectivity index (χ3n) is 3.90. The Kier molecular flexibility index (Phi) is 5.57. The standard InChI is InChI=1S/C18H23NO3S/c1-13-9-10-18(15(3)11-13)23(20,21)19-12-17(22-4)16-8-6-5-7-14(16)2/h5-11,17,19H,12H2,1-4H3. The molecule has 0 saturated carbocycles. The van der Waals surface area contributed by atoms with Crippen LogP contribution >= 0.6 is 0 Å². The van der Waals surface area contributed by atoms with E-state index in [1.54, 1.807) is 26.2 Å². The van der Waals surface area contributed by atoms with Crippen molar-refractivity contribution in [1.82, 2.24) is 4.72 Å². The minimum atomic E-state index is -3.56. The number of benzene rings is 2. The van der Waals surface area contributed by atoms with E-state index in [4.69, 9.17) is 4.74 Å². The molecule has 0 aliphatic carbocycles. The predicted octanol–water partition coefficient (Wildman–Crippen LogP) is 3.28. The molecule has 0 spiro atoms. The van der Waals surface area contributed by atoms with Gasteiger partial charge in [-0.1, -0.05) is 42.0 Å². The molecular formula is C18H23NO3S. The lowest BCUT2D eigenvalue weighted by molar-refractivity contribution is 0.107. The minimum Gasteiger partial charge on any atom is -0.375 e. The molecule has 2 aromatic carbocycles. The number of hydrogen-bond donors (Lipinski definition) is 1. The highest BCUT2D eigenvalue weighted by molar-refractivity contribution is 7.89. The van der Waals surface area contributed by atoms with E-state index in [0.29, 0.717) is 4.90 Å². The van der Waals surface area contributed by atoms with Crippen molar-refractivity contribution in [3.05, 3.63) is 64.7 Å². The van der Waals surface area contributed by atoms with Crippen LogP contribution < -0.4 is 4.72 Å². The lowest BCUT2D eigenvalue weighted by atomic mass is 10.0. The maximum atomic E-state index is 12.5. The topological polar surface area (TPSA) is 55.4 Å². The normalized spacial score (nSPS) is 13.0. The first-order valence-corrected chi connectivity index (χ1v) is 8.98. The lowest BCUT2D eigenvalue weighted by Gasteiger charge is -2.19. The van der Waals surface area contributed by atoms with Gasteiger partial charge in [-0.2, -0.15) is 0 Å². The molecule has 1 unspecified atom stereocenters. The monoisotopic (exact) mass is 333 g/mol. The number of rotatable bonds is 6. The summed E-state index contributed by atoms with van der Waals surface area (Å²) in [4.78, 5) is 0.308. The van der Waals surface area contributed by atoms with Crippen molar-refractivity contribution in [2.24, 2.45) is 0 Å². The SMILES string of the molecule is COC(CNS(=O)(=O)c1ccc(C)cc1C)c1ccccc1C. The van der Waals surface area contributed by atoms with Gasteiger partial charge in [0.15, 0.2) is 0 Å². The first-order chi connectivity index (χ1) is 10.8. The largest absolute Gasteiger partial charge is 0.375 e. The van der Waals surface area contributed by atoms with Crippen LogP contribution in [0.3, 0.4) is 0 Å². The summed E-state index contributed by atoms with van der Waals surface area (Å²) in [5.41, 5.74) is 3.84. The van der Waals surface area contributed by atoms with Gasteiger partial charge in [0.05, 0.1) is 11.0 Å². The van der Waals surface area contributed by atoms with Crippen molar-refractivity contribution in [2.45, 2.75) is 31.8 Å². The van der Waals surface area contributed by atoms with Crippen LogP contribution in [0.15, 0.2) is 47.4 Å². The lowest BCUT2D eigenvalue weighted by Crippen LogP contribution is -2.30. The molecule has 23 heavy (non-hydrogen) atoms. The Morgan fingerprint density at radius 3 is 2.35 bits per heavy atom. The smallest absolute Gasteiger partial charge is 0.240 e. The molecule has 0 aliphatic heterocycles. The van der Waals surface area contributed by atoms with Gasteiger partial charge in [0, 0.05) is 13.7 Å². The summed E-state index contributed by atoms with van der Waals surface area (Å²) in [6.07, 6.45) is -0.322. The Balaban J connectivity index is 2.19. The zero-order valence-electron chi connectivity index (χ0n) is 14.0. The number of nitrogens with one attached hydrogen (secondary N) is 1. The van der Waals surface area contributed by atoms with E-state index in [9.17, 15) is 8.42 Å². The number of hydrogen-bond acceptors (Lipinski definition) is 3. The summed E-state index contributed by atoms with van der Waals surface area (Å²) >= 11 is 0. The van der Waals surface area contributed by atoms with Crippen LogP contribution in [0.4, 0.5) is 0 Å². The molecule has 124 valence electrons. The Labute approximate surface area is 138 Å². The molecule has 5 heteroatoms. The first-order valence-electron chi connectivity index (χ1n) is 7.50. The second kappa shape index (κ2) is 7.25. The van der Waals surface area contributed by atoms with Gasteiger partial charge >= 0.3 is 0 Å². The van der Waals surface area contributed by atoms with Crippen molar-refractivity contribution in [3.8, 4) is 0 Å². The number of aryl methyl sites for hydroxylation is 3. The van der Waals surface area contributed by atoms with E-state index in [1.165, 1.54) is 0 Å². The highest BCUT2D eigenvalue weighted by Crippen LogP contribution is 2.21. The number of sulfonamides is 1. The van der Waals surface area contributed by atoms with Crippen molar-refractivity contribution >= 4 is 10.0 Å². The minimum absolute atomic E-state index is 0.191. The van der Waals surface area contributed by atoms with Gasteiger partial charge in [-0.25, -0.2) is 13.1 Å². The van der Waals surface area contributed by atoms with Crippen molar-refractivity contribution in [3.63, 3.8) is 0 Å². The summed E-state index contributed by atoms with van der Waals surface area (Å²) in [6, 6.07) is 13.1. The highest BCUT2D eigenvalue weighted by atomic mass is 32.2. The van der Waals surface area contributed by atoms with E-state index in [2.05, 4.69) is 4.72 Å². The molecular weight excluding hydrogens is 310 g/mol. The van der Waals surface area contributed by atoms with E-state index in [1.807, 2.05) is 44.2 Å². The zero-order valence-corrected chi connectivity index (χ0v) is 14.8. The predicted molar refractivity (Wildman–Crippen MR) is 92.0 cm³/mol. The second-order valence-electron chi connectivity index (χ2n) is 5.70. The van der Waals surface area contributed by atoms with E-state index < -0.39 is 10.0 Å². The maximum absolute atomic E-state index is 12.5. The van der Waals surface area contributed by atoms with E-state index in [0.717, 1.165) is 22.3 Å². The Morgan fingerprint density at radius 1 is 1.04 bits per heavy atom. The van der Waals surface area contributed by atoms with Crippen LogP contribution in [0.2, 0.25) is 0 Å². The van der Waals surface area contributed by atoms with Gasteiger partial charge in [-0.15, -0.1) is 0 Å². The summed E-state index contributed by atoms with van der Waals surface area (Å²) < 4.78 is 33.2. The van der Waals surface area contributed by atoms with Crippen LogP contribution in [-0.4, -0.2) is 22.1 Å². The molecule has 0 amide bonds. The van der Waals surface area contributed by atoms with Gasteiger partial charge < -0.3 is 4.74 Å². The van der Waals surface area contributed by atoms with Gasteiger partial charge in [-0.3, -0.25) is 0 Å². The summed E-state index contributed by atoms with van der Waals surface area (Å²) in [5.74, 6) is 0. The van der Waals surface area contributed by atoms with Crippen LogP contribution in [0, 0.1) is 20.8 Å². The molecule has 0 aromatic heterocycles. The molecule has 1 atom stereocenters. The molecule has 0 bridgehead atoms. The van der Waals surface area contributed by atoms with Crippen LogP contribution in [0.5, 0.6) is 0 Å². The fourth-order valence-electron chi connectivity index (χ4n) is 2.63. The van der Waals surface area contributed by atoms with Gasteiger partial charge in [0.25, 0.3) is 0 Å². The molecule has 0 aliphatic rings. The van der Waals surface area contributed by atoms with Gasteiger partial charge in [0.2, 0.25) is 10.0 Å². The Bertz CT molecular complexity index is 785. The molecule has 2 aromatic rings. The Hall–Kier alpha value is -1.69. The van der Waals surface area contributed by atoms with Crippen molar-refractivity contribution in [2.75, 3.05) is 13.7 Å². The average molecular weight is 333 g/mol. The highest BCUT2D eigenvalue weighted by Gasteiger charge is 2.20. The third-order valence-corrected chi connectivity index (χ3v) is 5.48. The fourth-order valence-corrected chi connectivity index (χ4v) is 3.89. The van der Waals surface area contributed by atoms with Crippen molar-refractivity contribution < 1.29 is 13.2 Å². The molecule has 4 nitrogen and oxygen atoms in total. The fraction of sp³-hybridized carbons (Fsp3) is 0.333. The molecule has 0 heterocycles. The maximum Gasteiger partial charge on any atom is 0.240 e. The quantitative estimate of drug-likeness (QED) is 0.882. The van der Waals surface area contributed by atoms with Crippen LogP contribution in [0.1, 0.15) is 28.4 Å². The van der Waals surface area contributed by atoms with Gasteiger partial charge in [-0.05, 0) is 43.5 Å². The summed E-state index contributed by atoms with van der Waals surface area (Å²) in [6.45, 7) is 5.92. The summed E-state index contributed by atoms with van der Waals surface area (Å²) in [7, 11) is -1.98.